The van der Waals surface area contributed by atoms with Crippen molar-refractivity contribution in [1.82, 2.24) is 10.2 Å². The van der Waals surface area contributed by atoms with Gasteiger partial charge in [0.1, 0.15) is 11.8 Å². The van der Waals surface area contributed by atoms with Crippen LogP contribution in [0.15, 0.2) is 54.6 Å². The van der Waals surface area contributed by atoms with Crippen LogP contribution < -0.4 is 10.1 Å². The molecule has 0 heterocycles. The average Bonchev–Trinajstić information content (AvgIpc) is 2.71. The van der Waals surface area contributed by atoms with Gasteiger partial charge in [0, 0.05) is 7.05 Å². The minimum atomic E-state index is -0.601. The van der Waals surface area contributed by atoms with Crippen molar-refractivity contribution in [3.8, 4) is 5.75 Å². The molecule has 0 bridgehead atoms. The van der Waals surface area contributed by atoms with Crippen molar-refractivity contribution in [2.45, 2.75) is 38.3 Å². The van der Waals surface area contributed by atoms with Crippen molar-refractivity contribution < 1.29 is 14.3 Å². The topological polar surface area (TPSA) is 58.6 Å². The van der Waals surface area contributed by atoms with Gasteiger partial charge in [-0.3, -0.25) is 9.59 Å². The summed E-state index contributed by atoms with van der Waals surface area (Å²) in [5, 5.41) is 2.74. The van der Waals surface area contributed by atoms with Gasteiger partial charge in [-0.05, 0) is 49.4 Å². The number of likely N-dealkylation sites (N-methyl/N-ethyl adjacent to an activating group) is 1. The second-order valence-corrected chi connectivity index (χ2v) is 6.95. The van der Waals surface area contributed by atoms with Gasteiger partial charge in [0.05, 0.1) is 6.04 Å². The van der Waals surface area contributed by atoms with E-state index in [1.165, 1.54) is 11.1 Å². The molecule has 1 aliphatic carbocycles. The fraction of sp³-hybridized carbons (Fsp3) is 0.364. The van der Waals surface area contributed by atoms with Crippen LogP contribution in [0, 0.1) is 0 Å². The summed E-state index contributed by atoms with van der Waals surface area (Å²) in [6.45, 7) is 1.60. The third-order valence-corrected chi connectivity index (χ3v) is 5.01. The smallest absolute Gasteiger partial charge is 0.258 e. The molecule has 2 aromatic carbocycles. The maximum absolute atomic E-state index is 12.8. The van der Waals surface area contributed by atoms with Crippen LogP contribution >= 0.6 is 0 Å². The summed E-state index contributed by atoms with van der Waals surface area (Å²) < 4.78 is 5.43. The molecule has 5 nitrogen and oxygen atoms in total. The highest BCUT2D eigenvalue weighted by Crippen LogP contribution is 2.33. The highest BCUT2D eigenvalue weighted by Gasteiger charge is 2.29. The predicted molar refractivity (Wildman–Crippen MR) is 104 cm³/mol. The van der Waals surface area contributed by atoms with Gasteiger partial charge in [-0.25, -0.2) is 0 Å². The van der Waals surface area contributed by atoms with Crippen LogP contribution in [0.2, 0.25) is 0 Å². The van der Waals surface area contributed by atoms with Crippen LogP contribution in [0.5, 0.6) is 5.75 Å². The molecule has 0 spiro atoms. The Kier molecular flexibility index (Phi) is 6.12. The molecule has 2 atom stereocenters. The van der Waals surface area contributed by atoms with Crippen molar-refractivity contribution in [2.75, 3.05) is 13.7 Å². The molecule has 0 aromatic heterocycles. The molecule has 0 saturated carbocycles. The van der Waals surface area contributed by atoms with Crippen molar-refractivity contribution in [2.24, 2.45) is 0 Å². The van der Waals surface area contributed by atoms with E-state index in [1.807, 2.05) is 37.4 Å². The van der Waals surface area contributed by atoms with Gasteiger partial charge < -0.3 is 15.0 Å². The lowest BCUT2D eigenvalue weighted by molar-refractivity contribution is -0.137. The lowest BCUT2D eigenvalue weighted by Crippen LogP contribution is -2.48. The molecule has 2 aromatic rings. The van der Waals surface area contributed by atoms with Crippen molar-refractivity contribution in [3.63, 3.8) is 0 Å². The number of benzene rings is 2. The van der Waals surface area contributed by atoms with E-state index < -0.39 is 6.04 Å². The summed E-state index contributed by atoms with van der Waals surface area (Å²) in [6, 6.07) is 16.9. The Morgan fingerprint density at radius 2 is 1.85 bits per heavy atom. The lowest BCUT2D eigenvalue weighted by Gasteiger charge is -2.34. The minimum Gasteiger partial charge on any atom is -0.484 e. The monoisotopic (exact) mass is 366 g/mol. The van der Waals surface area contributed by atoms with E-state index in [0.29, 0.717) is 5.75 Å². The quantitative estimate of drug-likeness (QED) is 0.855. The van der Waals surface area contributed by atoms with Gasteiger partial charge in [-0.1, -0.05) is 42.5 Å². The molecule has 27 heavy (non-hydrogen) atoms. The zero-order chi connectivity index (χ0) is 19.2. The van der Waals surface area contributed by atoms with Crippen molar-refractivity contribution in [1.29, 1.82) is 0 Å². The van der Waals surface area contributed by atoms with Crippen LogP contribution in [-0.2, 0) is 16.0 Å². The first kappa shape index (κ1) is 19.0. The first-order valence-electron chi connectivity index (χ1n) is 9.38. The second-order valence-electron chi connectivity index (χ2n) is 6.95. The van der Waals surface area contributed by atoms with E-state index >= 15 is 0 Å². The molecule has 0 fully saturated rings. The molecule has 3 rings (SSSR count). The van der Waals surface area contributed by atoms with Gasteiger partial charge in [0.25, 0.3) is 5.91 Å². The lowest BCUT2D eigenvalue weighted by atomic mass is 9.87. The third kappa shape index (κ3) is 4.67. The van der Waals surface area contributed by atoms with Crippen LogP contribution in [0.3, 0.4) is 0 Å². The molecule has 0 aliphatic heterocycles. The Morgan fingerprint density at radius 1 is 1.15 bits per heavy atom. The standard InChI is InChI=1S/C22H26N2O3/c1-16(23-21(25)15-27-18-11-4-3-5-12-18)22(26)24(2)20-14-8-10-17-9-6-7-13-19(17)20/h3-7,9,11-13,16,20H,8,10,14-15H2,1-2H3,(H,23,25)/t16-,20-/m0/s1. The number of hydrogen-bond acceptors (Lipinski definition) is 3. The first-order chi connectivity index (χ1) is 13.1. The van der Waals surface area contributed by atoms with Crippen molar-refractivity contribution in [3.05, 3.63) is 65.7 Å². The summed E-state index contributed by atoms with van der Waals surface area (Å²) in [5.74, 6) is 0.226. The number of nitrogens with one attached hydrogen (secondary N) is 1. The highest BCUT2D eigenvalue weighted by molar-refractivity contribution is 5.88. The predicted octanol–water partition coefficient (Wildman–Crippen LogP) is 3.11. The normalized spacial score (nSPS) is 16.7. The van der Waals surface area contributed by atoms with E-state index in [9.17, 15) is 9.59 Å². The van der Waals surface area contributed by atoms with Gasteiger partial charge in [-0.2, -0.15) is 0 Å². The molecular formula is C22H26N2O3. The molecule has 142 valence electrons. The number of amides is 2. The Bertz CT molecular complexity index is 791. The molecule has 2 amide bonds. The Balaban J connectivity index is 1.56. The summed E-state index contributed by atoms with van der Waals surface area (Å²) in [4.78, 5) is 26.7. The average molecular weight is 366 g/mol. The fourth-order valence-electron chi connectivity index (χ4n) is 3.60. The summed E-state index contributed by atoms with van der Waals surface area (Å²) in [7, 11) is 1.82. The van der Waals surface area contributed by atoms with Crippen LogP contribution in [0.4, 0.5) is 0 Å². The second kappa shape index (κ2) is 8.71. The number of aryl methyl sites for hydroxylation is 1. The zero-order valence-electron chi connectivity index (χ0n) is 15.9. The summed E-state index contributed by atoms with van der Waals surface area (Å²) >= 11 is 0. The molecule has 1 N–H and O–H groups in total. The van der Waals surface area contributed by atoms with E-state index in [-0.39, 0.29) is 24.5 Å². The van der Waals surface area contributed by atoms with E-state index in [1.54, 1.807) is 24.0 Å². The van der Waals surface area contributed by atoms with Crippen LogP contribution in [-0.4, -0.2) is 36.4 Å². The molecule has 0 unspecified atom stereocenters. The number of fused-ring (bicyclic) bond motifs is 1. The van der Waals surface area contributed by atoms with Gasteiger partial charge in [0.15, 0.2) is 6.61 Å². The van der Waals surface area contributed by atoms with E-state index in [0.717, 1.165) is 19.3 Å². The number of carbonyl (C=O) groups excluding carboxylic acids is 2. The zero-order valence-corrected chi connectivity index (χ0v) is 15.9. The minimum absolute atomic E-state index is 0.0578. The summed E-state index contributed by atoms with van der Waals surface area (Å²) in [6.07, 6.45) is 3.06. The van der Waals surface area contributed by atoms with E-state index in [4.69, 9.17) is 4.74 Å². The maximum atomic E-state index is 12.8. The highest BCUT2D eigenvalue weighted by atomic mass is 16.5. The SMILES string of the molecule is C[C@H](NC(=O)COc1ccccc1)C(=O)N(C)[C@H]1CCCc2ccccc21. The van der Waals surface area contributed by atoms with Gasteiger partial charge in [0.2, 0.25) is 5.91 Å². The van der Waals surface area contributed by atoms with Gasteiger partial charge in [-0.15, -0.1) is 0 Å². The number of hydrogen-bond donors (Lipinski definition) is 1. The molecule has 0 radical (unpaired) electrons. The number of rotatable bonds is 6. The molecule has 5 heteroatoms. The number of ether oxygens (including phenoxy) is 1. The van der Waals surface area contributed by atoms with E-state index in [2.05, 4.69) is 17.4 Å². The van der Waals surface area contributed by atoms with Crippen LogP contribution in [0.1, 0.15) is 36.9 Å². The Morgan fingerprint density at radius 3 is 2.63 bits per heavy atom. The molecule has 1 aliphatic rings. The third-order valence-electron chi connectivity index (χ3n) is 5.01. The number of para-hydroxylation sites is 1. The summed E-state index contributed by atoms with van der Waals surface area (Å²) in [5.41, 5.74) is 2.52. The maximum Gasteiger partial charge on any atom is 0.258 e. The Labute approximate surface area is 160 Å². The largest absolute Gasteiger partial charge is 0.484 e. The van der Waals surface area contributed by atoms with Crippen molar-refractivity contribution >= 4 is 11.8 Å². The first-order valence-corrected chi connectivity index (χ1v) is 9.38. The number of carbonyl (C=O) groups is 2. The van der Waals surface area contributed by atoms with Crippen LogP contribution in [0.25, 0.3) is 0 Å². The number of nitrogens with zero attached hydrogens (tertiary/aromatic N) is 1. The van der Waals surface area contributed by atoms with Gasteiger partial charge >= 0.3 is 0 Å². The molecular weight excluding hydrogens is 340 g/mol. The fourth-order valence-corrected chi connectivity index (χ4v) is 3.60. The Hall–Kier alpha value is -2.82. The molecule has 0 saturated heterocycles.